The summed E-state index contributed by atoms with van der Waals surface area (Å²) < 4.78 is 34.0. The molecule has 0 spiro atoms. The van der Waals surface area contributed by atoms with Gasteiger partial charge in [-0.3, -0.25) is 0 Å². The van der Waals surface area contributed by atoms with Gasteiger partial charge < -0.3 is 0 Å². The van der Waals surface area contributed by atoms with E-state index in [0.29, 0.717) is 0 Å². The van der Waals surface area contributed by atoms with Gasteiger partial charge in [0, 0.05) is 19.5 Å². The fraction of sp³-hybridized carbons (Fsp3) is 0.500. The predicted octanol–water partition coefficient (Wildman–Crippen LogP) is -2.09. The van der Waals surface area contributed by atoms with Crippen LogP contribution in [0, 0.1) is 10.2 Å². The third kappa shape index (κ3) is 22.8. The zero-order chi connectivity index (χ0) is 10.2. The molecule has 0 fully saturated rings. The van der Waals surface area contributed by atoms with Crippen LogP contribution in [0.3, 0.4) is 0 Å². The van der Waals surface area contributed by atoms with Crippen LogP contribution in [-0.2, 0) is 19.5 Å². The first kappa shape index (κ1) is 16.7. The second-order valence-electron chi connectivity index (χ2n) is 2.48. The smallest absolute Gasteiger partial charge is 0 e. The molecule has 0 heterocycles. The first-order chi connectivity index (χ1) is 6.00. The minimum Gasteiger partial charge on any atom is -0.222 e. The van der Waals surface area contributed by atoms with Crippen molar-refractivity contribution >= 4 is 0 Å². The third-order valence-electron chi connectivity index (χ3n) is 1.33. The molecule has 0 aromatic heterocycles. The SMILES string of the molecule is C1=CCC/C=C\CC1.[O-][Cl+3]([O-])([O-])[O-].[Rh]. The molecular formula is C8H12ClO4Rh-. The van der Waals surface area contributed by atoms with Crippen LogP contribution in [0.15, 0.2) is 24.3 Å². The van der Waals surface area contributed by atoms with Gasteiger partial charge in [0.25, 0.3) is 0 Å². The summed E-state index contributed by atoms with van der Waals surface area (Å²) in [5, 5.41) is 0. The van der Waals surface area contributed by atoms with Crippen molar-refractivity contribution in [3.8, 4) is 0 Å². The van der Waals surface area contributed by atoms with Crippen LogP contribution < -0.4 is 18.6 Å². The molecule has 0 N–H and O–H groups in total. The summed E-state index contributed by atoms with van der Waals surface area (Å²) in [5.41, 5.74) is 0. The van der Waals surface area contributed by atoms with E-state index in [2.05, 4.69) is 24.3 Å². The Kier molecular flexibility index (Phi) is 11.6. The summed E-state index contributed by atoms with van der Waals surface area (Å²) in [6.45, 7) is 0. The summed E-state index contributed by atoms with van der Waals surface area (Å²) in [7, 11) is -4.94. The molecule has 0 saturated heterocycles. The predicted molar refractivity (Wildman–Crippen MR) is 36.7 cm³/mol. The summed E-state index contributed by atoms with van der Waals surface area (Å²) >= 11 is 0. The van der Waals surface area contributed by atoms with E-state index in [1.165, 1.54) is 25.7 Å². The Morgan fingerprint density at radius 1 is 0.643 bits per heavy atom. The van der Waals surface area contributed by atoms with Crippen molar-refractivity contribution in [3.63, 3.8) is 0 Å². The largest absolute Gasteiger partial charge is 0.222 e. The Balaban J connectivity index is 0. The molecule has 1 radical (unpaired) electrons. The van der Waals surface area contributed by atoms with Gasteiger partial charge in [0.15, 0.2) is 0 Å². The van der Waals surface area contributed by atoms with Crippen LogP contribution in [0.25, 0.3) is 0 Å². The van der Waals surface area contributed by atoms with E-state index in [1.54, 1.807) is 0 Å². The van der Waals surface area contributed by atoms with Gasteiger partial charge in [0.2, 0.25) is 0 Å². The van der Waals surface area contributed by atoms with Gasteiger partial charge in [-0.2, -0.15) is 0 Å². The van der Waals surface area contributed by atoms with Crippen molar-refractivity contribution in [1.29, 1.82) is 0 Å². The number of rotatable bonds is 0. The maximum atomic E-state index is 8.49. The Hall–Kier alpha value is 0.233. The molecule has 0 bridgehead atoms. The first-order valence-electron chi connectivity index (χ1n) is 3.92. The van der Waals surface area contributed by atoms with Gasteiger partial charge >= 0.3 is 0 Å². The molecule has 6 heteroatoms. The zero-order valence-electron chi connectivity index (χ0n) is 7.48. The molecule has 0 unspecified atom stereocenters. The van der Waals surface area contributed by atoms with Gasteiger partial charge in [-0.15, -0.1) is 10.2 Å². The molecule has 0 atom stereocenters. The van der Waals surface area contributed by atoms with Crippen LogP contribution in [0.5, 0.6) is 0 Å². The number of halogens is 1. The summed E-state index contributed by atoms with van der Waals surface area (Å²) in [6.07, 6.45) is 14.0. The maximum absolute atomic E-state index is 8.49. The van der Waals surface area contributed by atoms with E-state index in [9.17, 15) is 0 Å². The number of allylic oxidation sites excluding steroid dienone is 4. The molecular weight excluding hydrogens is 298 g/mol. The fourth-order valence-electron chi connectivity index (χ4n) is 0.856. The molecule has 85 valence electrons. The van der Waals surface area contributed by atoms with Gasteiger partial charge in [-0.05, 0) is 25.7 Å². The van der Waals surface area contributed by atoms with Crippen molar-refractivity contribution in [1.82, 2.24) is 0 Å². The van der Waals surface area contributed by atoms with E-state index in [0.717, 1.165) is 0 Å². The number of hydrogen-bond acceptors (Lipinski definition) is 4. The van der Waals surface area contributed by atoms with Gasteiger partial charge in [-0.25, -0.2) is 18.6 Å². The second kappa shape index (κ2) is 9.78. The van der Waals surface area contributed by atoms with Crippen LogP contribution in [-0.4, -0.2) is 0 Å². The number of hydrogen-bond donors (Lipinski definition) is 0. The maximum Gasteiger partial charge on any atom is 0 e. The average molecular weight is 311 g/mol. The Bertz CT molecular complexity index is 145. The molecule has 0 saturated carbocycles. The molecule has 4 nitrogen and oxygen atoms in total. The second-order valence-corrected chi connectivity index (χ2v) is 3.23. The standard InChI is InChI=1S/C8H12.ClHO4.Rh/c1-2-4-6-8-7-5-3-1;2-1(3,4)5;/h1-2,7-8H,3-6H2;(H,2,3,4,5);/p-1/b2-1-,8-7?;;. The Morgan fingerprint density at radius 3 is 0.929 bits per heavy atom. The first-order valence-corrected chi connectivity index (χ1v) is 5.15. The van der Waals surface area contributed by atoms with Gasteiger partial charge in [0.1, 0.15) is 0 Å². The zero-order valence-corrected chi connectivity index (χ0v) is 9.88. The van der Waals surface area contributed by atoms with Crippen molar-refractivity contribution < 1.29 is 48.4 Å². The van der Waals surface area contributed by atoms with Gasteiger partial charge in [0.05, 0.1) is 0 Å². The van der Waals surface area contributed by atoms with Crippen molar-refractivity contribution in [2.75, 3.05) is 0 Å². The van der Waals surface area contributed by atoms with E-state index in [-0.39, 0.29) is 19.5 Å². The van der Waals surface area contributed by atoms with Crippen molar-refractivity contribution in [2.45, 2.75) is 25.7 Å². The quantitative estimate of drug-likeness (QED) is 0.379. The van der Waals surface area contributed by atoms with E-state index in [4.69, 9.17) is 18.6 Å². The van der Waals surface area contributed by atoms with Gasteiger partial charge in [-0.1, -0.05) is 24.3 Å². The minimum atomic E-state index is -4.94. The van der Waals surface area contributed by atoms with E-state index in [1.807, 2.05) is 0 Å². The summed E-state index contributed by atoms with van der Waals surface area (Å²) in [6, 6.07) is 0. The molecule has 14 heavy (non-hydrogen) atoms. The fourth-order valence-corrected chi connectivity index (χ4v) is 0.856. The molecule has 0 aromatic rings. The molecule has 0 aliphatic heterocycles. The topological polar surface area (TPSA) is 92.2 Å². The molecule has 0 amide bonds. The average Bonchev–Trinajstić information content (AvgIpc) is 1.79. The van der Waals surface area contributed by atoms with Crippen LogP contribution in [0.4, 0.5) is 0 Å². The van der Waals surface area contributed by atoms with E-state index >= 15 is 0 Å². The van der Waals surface area contributed by atoms with Crippen LogP contribution in [0.1, 0.15) is 25.7 Å². The molecule has 1 aliphatic rings. The third-order valence-corrected chi connectivity index (χ3v) is 1.33. The van der Waals surface area contributed by atoms with Crippen molar-refractivity contribution in [3.05, 3.63) is 24.3 Å². The molecule has 0 aromatic carbocycles. The molecule has 1 aliphatic carbocycles. The Labute approximate surface area is 98.4 Å². The van der Waals surface area contributed by atoms with Crippen molar-refractivity contribution in [2.24, 2.45) is 0 Å². The summed E-state index contributed by atoms with van der Waals surface area (Å²) in [5.74, 6) is 0. The summed E-state index contributed by atoms with van der Waals surface area (Å²) in [4.78, 5) is 0. The van der Waals surface area contributed by atoms with Crippen LogP contribution in [0.2, 0.25) is 0 Å². The monoisotopic (exact) mass is 310 g/mol. The van der Waals surface area contributed by atoms with E-state index < -0.39 is 10.2 Å². The minimum absolute atomic E-state index is 0. The Morgan fingerprint density at radius 2 is 0.786 bits per heavy atom. The normalized spacial score (nSPS) is 18.0. The van der Waals surface area contributed by atoms with Crippen LogP contribution >= 0.6 is 0 Å². The molecule has 1 rings (SSSR count).